The summed E-state index contributed by atoms with van der Waals surface area (Å²) in [4.78, 5) is 34.5. The van der Waals surface area contributed by atoms with Crippen molar-refractivity contribution in [1.29, 1.82) is 0 Å². The first-order chi connectivity index (χ1) is 17.0. The molecular formula is C28H41N5O3. The van der Waals surface area contributed by atoms with Crippen molar-refractivity contribution in [3.05, 3.63) is 64.7 Å². The Morgan fingerprint density at radius 1 is 0.972 bits per heavy atom. The molecule has 0 saturated carbocycles. The van der Waals surface area contributed by atoms with Crippen LogP contribution in [0.15, 0.2) is 47.5 Å². The number of nitrogens with zero attached hydrogens (tertiary/aromatic N) is 3. The summed E-state index contributed by atoms with van der Waals surface area (Å²) in [7, 11) is 7.49. The highest BCUT2D eigenvalue weighted by Crippen LogP contribution is 2.23. The van der Waals surface area contributed by atoms with Crippen LogP contribution < -0.4 is 10.6 Å². The maximum absolute atomic E-state index is 13.4. The van der Waals surface area contributed by atoms with E-state index in [0.29, 0.717) is 18.9 Å². The van der Waals surface area contributed by atoms with Crippen LogP contribution >= 0.6 is 0 Å². The molecule has 196 valence electrons. The molecule has 0 saturated heterocycles. The van der Waals surface area contributed by atoms with Gasteiger partial charge < -0.3 is 25.5 Å². The third-order valence-corrected chi connectivity index (χ3v) is 5.99. The predicted octanol–water partition coefficient (Wildman–Crippen LogP) is 2.65. The van der Waals surface area contributed by atoms with Crippen LogP contribution in [0.5, 0.6) is 5.75 Å². The van der Waals surface area contributed by atoms with Gasteiger partial charge in [0.15, 0.2) is 5.96 Å². The first-order valence-electron chi connectivity index (χ1n) is 12.3. The highest BCUT2D eigenvalue weighted by atomic mass is 16.3. The summed E-state index contributed by atoms with van der Waals surface area (Å²) in [5, 5.41) is 15.7. The monoisotopic (exact) mass is 495 g/mol. The van der Waals surface area contributed by atoms with Crippen LogP contribution in [0.3, 0.4) is 0 Å². The van der Waals surface area contributed by atoms with Gasteiger partial charge in [0.1, 0.15) is 17.8 Å². The van der Waals surface area contributed by atoms with E-state index < -0.39 is 12.1 Å². The number of aliphatic imine (C=N–C) groups is 1. The average molecular weight is 496 g/mol. The molecule has 0 spiro atoms. The zero-order valence-corrected chi connectivity index (χ0v) is 22.6. The summed E-state index contributed by atoms with van der Waals surface area (Å²) in [6, 6.07) is 12.1. The number of hydrogen-bond donors (Lipinski definition) is 3. The molecule has 0 unspecified atom stereocenters. The second kappa shape index (κ2) is 13.5. The van der Waals surface area contributed by atoms with Crippen molar-refractivity contribution < 1.29 is 14.7 Å². The van der Waals surface area contributed by atoms with Crippen molar-refractivity contribution in [2.45, 2.75) is 52.1 Å². The minimum absolute atomic E-state index is 0.193. The Kier molecular flexibility index (Phi) is 10.8. The molecule has 0 heterocycles. The maximum atomic E-state index is 13.4. The number of carbonyl (C=O) groups excluding carboxylic acids is 2. The lowest BCUT2D eigenvalue weighted by Gasteiger charge is -2.26. The molecule has 36 heavy (non-hydrogen) atoms. The molecule has 2 aromatic rings. The van der Waals surface area contributed by atoms with Gasteiger partial charge in [0.05, 0.1) is 0 Å². The Hall–Kier alpha value is -3.55. The number of benzene rings is 2. The molecule has 0 aliphatic heterocycles. The third-order valence-electron chi connectivity index (χ3n) is 5.99. The number of guanidine groups is 1. The largest absolute Gasteiger partial charge is 0.508 e. The van der Waals surface area contributed by atoms with Gasteiger partial charge in [0.25, 0.3) is 0 Å². The number of hydrogen-bond acceptors (Lipinski definition) is 4. The third kappa shape index (κ3) is 8.59. The van der Waals surface area contributed by atoms with Crippen molar-refractivity contribution in [2.24, 2.45) is 4.99 Å². The molecule has 2 atom stereocenters. The van der Waals surface area contributed by atoms with Crippen molar-refractivity contribution in [2.75, 3.05) is 34.7 Å². The first-order valence-corrected chi connectivity index (χ1v) is 12.3. The highest BCUT2D eigenvalue weighted by Gasteiger charge is 2.25. The average Bonchev–Trinajstić information content (AvgIpc) is 2.80. The molecule has 0 fully saturated rings. The van der Waals surface area contributed by atoms with Crippen LogP contribution in [0.1, 0.15) is 35.6 Å². The summed E-state index contributed by atoms with van der Waals surface area (Å²) in [5.41, 5.74) is 3.96. The Balaban J connectivity index is 2.10. The predicted molar refractivity (Wildman–Crippen MR) is 145 cm³/mol. The maximum Gasteiger partial charge on any atom is 0.245 e. The number of phenolic OH excluding ortho intramolecular Hbond substituents is 1. The van der Waals surface area contributed by atoms with Gasteiger partial charge in [-0.2, -0.15) is 0 Å². The number of phenols is 1. The molecule has 2 amide bonds. The van der Waals surface area contributed by atoms with Gasteiger partial charge in [0, 0.05) is 41.2 Å². The number of aryl methyl sites for hydroxylation is 3. The second-order valence-corrected chi connectivity index (χ2v) is 9.61. The number of nitrogens with one attached hydrogen (secondary N) is 2. The van der Waals surface area contributed by atoms with Crippen LogP contribution in [0.2, 0.25) is 0 Å². The highest BCUT2D eigenvalue weighted by molar-refractivity contribution is 5.91. The zero-order chi connectivity index (χ0) is 26.8. The number of amides is 2. The van der Waals surface area contributed by atoms with Gasteiger partial charge in [0.2, 0.25) is 11.8 Å². The van der Waals surface area contributed by atoms with Gasteiger partial charge in [-0.3, -0.25) is 9.59 Å². The van der Waals surface area contributed by atoms with E-state index in [1.165, 1.54) is 5.56 Å². The van der Waals surface area contributed by atoms with E-state index in [2.05, 4.69) is 22.8 Å². The fourth-order valence-corrected chi connectivity index (χ4v) is 4.13. The summed E-state index contributed by atoms with van der Waals surface area (Å²) < 4.78 is 0. The smallest absolute Gasteiger partial charge is 0.245 e. The normalized spacial score (nSPS) is 12.3. The van der Waals surface area contributed by atoms with Gasteiger partial charge in [-0.15, -0.1) is 0 Å². The molecule has 0 aliphatic carbocycles. The van der Waals surface area contributed by atoms with Gasteiger partial charge in [-0.05, 0) is 68.0 Å². The van der Waals surface area contributed by atoms with E-state index in [9.17, 15) is 14.7 Å². The fraction of sp³-hybridized carbons (Fsp3) is 0.464. The fourth-order valence-electron chi connectivity index (χ4n) is 4.13. The molecule has 0 bridgehead atoms. The van der Waals surface area contributed by atoms with Gasteiger partial charge in [-0.1, -0.05) is 30.3 Å². The van der Waals surface area contributed by atoms with E-state index in [0.717, 1.165) is 29.5 Å². The van der Waals surface area contributed by atoms with Gasteiger partial charge >= 0.3 is 0 Å². The van der Waals surface area contributed by atoms with Crippen LogP contribution in [0.4, 0.5) is 0 Å². The second-order valence-electron chi connectivity index (χ2n) is 9.61. The molecule has 0 aromatic heterocycles. The number of rotatable bonds is 10. The van der Waals surface area contributed by atoms with E-state index in [1.807, 2.05) is 70.0 Å². The topological polar surface area (TPSA) is 97.3 Å². The van der Waals surface area contributed by atoms with E-state index in [4.69, 9.17) is 4.99 Å². The van der Waals surface area contributed by atoms with Crippen molar-refractivity contribution in [3.8, 4) is 5.75 Å². The summed E-state index contributed by atoms with van der Waals surface area (Å²) in [6.07, 6.45) is 2.04. The molecule has 2 rings (SSSR count). The first kappa shape index (κ1) is 28.7. The van der Waals surface area contributed by atoms with Crippen LogP contribution in [0, 0.1) is 13.8 Å². The van der Waals surface area contributed by atoms with Crippen molar-refractivity contribution in [1.82, 2.24) is 20.4 Å². The summed E-state index contributed by atoms with van der Waals surface area (Å²) in [5.74, 6) is 0.284. The lowest BCUT2D eigenvalue weighted by molar-refractivity contribution is -0.129. The quantitative estimate of drug-likeness (QED) is 0.268. The van der Waals surface area contributed by atoms with E-state index >= 15 is 0 Å². The van der Waals surface area contributed by atoms with Gasteiger partial charge in [-0.25, -0.2) is 4.99 Å². The van der Waals surface area contributed by atoms with Crippen molar-refractivity contribution >= 4 is 17.8 Å². The Morgan fingerprint density at radius 3 is 2.11 bits per heavy atom. The molecule has 3 N–H and O–H groups in total. The van der Waals surface area contributed by atoms with E-state index in [-0.39, 0.29) is 17.6 Å². The molecule has 0 radical (unpaired) electrons. The molecule has 0 aliphatic rings. The SMILES string of the molecule is Cc1cc(O)cc(C)c1C[C@H](N=C(N(C)C)N(C)C)C(=O)N[C@H](C)C(=O)NCCCc1ccccc1. The minimum Gasteiger partial charge on any atom is -0.508 e. The Morgan fingerprint density at radius 2 is 1.56 bits per heavy atom. The van der Waals surface area contributed by atoms with Crippen LogP contribution in [-0.2, 0) is 22.4 Å². The molecule has 8 heteroatoms. The Labute approximate surface area is 215 Å². The van der Waals surface area contributed by atoms with Crippen molar-refractivity contribution in [3.63, 3.8) is 0 Å². The number of carbonyl (C=O) groups is 2. The minimum atomic E-state index is -0.750. The standard InChI is InChI=1S/C28H41N5O3/c1-19-16-23(34)17-20(2)24(19)18-25(31-28(32(4)5)33(6)7)27(36)30-21(3)26(35)29-15-11-14-22-12-9-8-10-13-22/h8-10,12-13,16-17,21,25,34H,11,14-15,18H2,1-7H3,(H,29,35)(H,30,36)/t21-,25+/m1/s1. The molecular weight excluding hydrogens is 454 g/mol. The van der Waals surface area contributed by atoms with Crippen LogP contribution in [0.25, 0.3) is 0 Å². The summed E-state index contributed by atoms with van der Waals surface area (Å²) in [6.45, 7) is 6.03. The zero-order valence-electron chi connectivity index (χ0n) is 22.6. The Bertz CT molecular complexity index is 1020. The lowest BCUT2D eigenvalue weighted by Crippen LogP contribution is -2.49. The molecule has 8 nitrogen and oxygen atoms in total. The number of aromatic hydroxyl groups is 1. The summed E-state index contributed by atoms with van der Waals surface area (Å²) >= 11 is 0. The lowest BCUT2D eigenvalue weighted by atomic mass is 9.95. The molecule has 2 aromatic carbocycles. The van der Waals surface area contributed by atoms with E-state index in [1.54, 1.807) is 19.1 Å². The van der Waals surface area contributed by atoms with Crippen LogP contribution in [-0.4, -0.2) is 79.5 Å².